The van der Waals surface area contributed by atoms with Crippen LogP contribution in [0.2, 0.25) is 0 Å². The van der Waals surface area contributed by atoms with Gasteiger partial charge in [-0.15, -0.1) is 0 Å². The Morgan fingerprint density at radius 3 is 2.77 bits per heavy atom. The average molecular weight is 357 g/mol. The van der Waals surface area contributed by atoms with Gasteiger partial charge in [-0.05, 0) is 42.9 Å². The minimum Gasteiger partial charge on any atom is -0.374 e. The highest BCUT2D eigenvalue weighted by Gasteiger charge is 2.42. The summed E-state index contributed by atoms with van der Waals surface area (Å²) in [7, 11) is 0. The zero-order valence-electron chi connectivity index (χ0n) is 15.3. The van der Waals surface area contributed by atoms with Gasteiger partial charge in [0.05, 0.1) is 18.6 Å². The smallest absolute Gasteiger partial charge is 0.228 e. The second-order valence-corrected chi connectivity index (χ2v) is 7.98. The SMILES string of the molecule is CC1CC(C(=O)N2CC[C@H]3C(=O)N(Cc4ccncc4)CCO[C@H]3C2)C1. The topological polar surface area (TPSA) is 62.7 Å². The maximum Gasteiger partial charge on any atom is 0.228 e. The normalized spacial score (nSPS) is 31.8. The summed E-state index contributed by atoms with van der Waals surface area (Å²) in [5.41, 5.74) is 1.08. The van der Waals surface area contributed by atoms with Crippen molar-refractivity contribution in [3.63, 3.8) is 0 Å². The van der Waals surface area contributed by atoms with E-state index in [1.165, 1.54) is 0 Å². The van der Waals surface area contributed by atoms with Crippen molar-refractivity contribution in [1.29, 1.82) is 0 Å². The minimum atomic E-state index is -0.167. The summed E-state index contributed by atoms with van der Waals surface area (Å²) < 4.78 is 6.01. The molecule has 0 aromatic carbocycles. The Labute approximate surface area is 154 Å². The van der Waals surface area contributed by atoms with Gasteiger partial charge in [0, 0.05) is 44.5 Å². The van der Waals surface area contributed by atoms with Gasteiger partial charge < -0.3 is 14.5 Å². The number of fused-ring (bicyclic) bond motifs is 1. The van der Waals surface area contributed by atoms with Gasteiger partial charge in [0.1, 0.15) is 0 Å². The molecule has 0 bridgehead atoms. The molecule has 6 heteroatoms. The van der Waals surface area contributed by atoms with Gasteiger partial charge in [0.25, 0.3) is 0 Å². The number of nitrogens with zero attached hydrogens (tertiary/aromatic N) is 3. The van der Waals surface area contributed by atoms with E-state index in [9.17, 15) is 9.59 Å². The Morgan fingerprint density at radius 2 is 2.04 bits per heavy atom. The molecule has 1 saturated carbocycles. The fourth-order valence-corrected chi connectivity index (χ4v) is 4.45. The third kappa shape index (κ3) is 3.47. The van der Waals surface area contributed by atoms with Gasteiger partial charge >= 0.3 is 0 Å². The Balaban J connectivity index is 1.39. The van der Waals surface area contributed by atoms with E-state index in [0.717, 1.165) is 18.4 Å². The second-order valence-electron chi connectivity index (χ2n) is 7.98. The lowest BCUT2D eigenvalue weighted by atomic mass is 9.75. The van der Waals surface area contributed by atoms with E-state index in [1.54, 1.807) is 12.4 Å². The predicted octanol–water partition coefficient (Wildman–Crippen LogP) is 1.70. The molecule has 3 aliphatic rings. The van der Waals surface area contributed by atoms with Crippen molar-refractivity contribution in [1.82, 2.24) is 14.8 Å². The fraction of sp³-hybridized carbons (Fsp3) is 0.650. The third-order valence-electron chi connectivity index (χ3n) is 6.04. The number of amides is 2. The Kier molecular flexibility index (Phi) is 4.94. The first kappa shape index (κ1) is 17.5. The molecule has 4 rings (SSSR count). The van der Waals surface area contributed by atoms with Crippen molar-refractivity contribution < 1.29 is 14.3 Å². The van der Waals surface area contributed by atoms with E-state index in [0.29, 0.717) is 45.1 Å². The zero-order valence-corrected chi connectivity index (χ0v) is 15.3. The van der Waals surface area contributed by atoms with Crippen LogP contribution in [0.15, 0.2) is 24.5 Å². The van der Waals surface area contributed by atoms with E-state index in [1.807, 2.05) is 21.9 Å². The lowest BCUT2D eigenvalue weighted by Gasteiger charge is -2.41. The number of likely N-dealkylation sites (tertiary alicyclic amines) is 1. The molecule has 6 nitrogen and oxygen atoms in total. The summed E-state index contributed by atoms with van der Waals surface area (Å²) in [5.74, 6) is 1.14. The van der Waals surface area contributed by atoms with Gasteiger partial charge in [0.2, 0.25) is 11.8 Å². The zero-order chi connectivity index (χ0) is 18.1. The van der Waals surface area contributed by atoms with Crippen LogP contribution in [0.1, 0.15) is 31.7 Å². The van der Waals surface area contributed by atoms with Crippen LogP contribution in [0.4, 0.5) is 0 Å². The van der Waals surface area contributed by atoms with Crippen LogP contribution in [0.25, 0.3) is 0 Å². The summed E-state index contributed by atoms with van der Waals surface area (Å²) in [6.45, 7) is 5.14. The molecule has 3 fully saturated rings. The van der Waals surface area contributed by atoms with Gasteiger partial charge in [-0.1, -0.05) is 6.92 Å². The first-order valence-electron chi connectivity index (χ1n) is 9.70. The van der Waals surface area contributed by atoms with Crippen molar-refractivity contribution in [3.8, 4) is 0 Å². The number of aromatic nitrogens is 1. The highest BCUT2D eigenvalue weighted by molar-refractivity contribution is 5.82. The van der Waals surface area contributed by atoms with Crippen LogP contribution in [0.5, 0.6) is 0 Å². The first-order chi connectivity index (χ1) is 12.6. The molecule has 0 spiro atoms. The molecular formula is C20H27N3O3. The van der Waals surface area contributed by atoms with Crippen molar-refractivity contribution in [2.45, 2.75) is 38.8 Å². The molecule has 2 aliphatic heterocycles. The van der Waals surface area contributed by atoms with E-state index in [4.69, 9.17) is 4.74 Å². The summed E-state index contributed by atoms with van der Waals surface area (Å²) in [6.07, 6.45) is 6.04. The Hall–Kier alpha value is -1.95. The van der Waals surface area contributed by atoms with E-state index < -0.39 is 0 Å². The van der Waals surface area contributed by atoms with Crippen molar-refractivity contribution in [3.05, 3.63) is 30.1 Å². The standard InChI is InChI=1S/C20H27N3O3/c1-14-10-16(11-14)19(24)22-7-4-17-18(13-22)26-9-8-23(20(17)25)12-15-2-5-21-6-3-15/h2-3,5-6,14,16-18H,4,7-13H2,1H3/t14?,16?,17-,18+/m1/s1. The molecule has 0 N–H and O–H groups in total. The van der Waals surface area contributed by atoms with Crippen molar-refractivity contribution in [2.24, 2.45) is 17.8 Å². The number of carbonyl (C=O) groups excluding carboxylic acids is 2. The predicted molar refractivity (Wildman–Crippen MR) is 96.0 cm³/mol. The minimum absolute atomic E-state index is 0.135. The number of ether oxygens (including phenoxy) is 1. The average Bonchev–Trinajstić information content (AvgIpc) is 2.78. The molecule has 2 amide bonds. The summed E-state index contributed by atoms with van der Waals surface area (Å²) in [5, 5.41) is 0. The Morgan fingerprint density at radius 1 is 1.27 bits per heavy atom. The van der Waals surface area contributed by atoms with Crippen LogP contribution in [0.3, 0.4) is 0 Å². The number of rotatable bonds is 3. The van der Waals surface area contributed by atoms with Crippen LogP contribution in [-0.4, -0.2) is 58.9 Å². The summed E-state index contributed by atoms with van der Waals surface area (Å²) in [6, 6.07) is 3.88. The maximum atomic E-state index is 13.0. The van der Waals surface area contributed by atoms with E-state index in [-0.39, 0.29) is 29.8 Å². The molecule has 1 aliphatic carbocycles. The van der Waals surface area contributed by atoms with Crippen molar-refractivity contribution >= 4 is 11.8 Å². The monoisotopic (exact) mass is 357 g/mol. The number of hydrogen-bond acceptors (Lipinski definition) is 4. The maximum absolute atomic E-state index is 13.0. The van der Waals surface area contributed by atoms with Crippen molar-refractivity contribution in [2.75, 3.05) is 26.2 Å². The molecule has 3 heterocycles. The first-order valence-corrected chi connectivity index (χ1v) is 9.70. The second kappa shape index (κ2) is 7.35. The Bertz CT molecular complexity index is 660. The molecule has 26 heavy (non-hydrogen) atoms. The third-order valence-corrected chi connectivity index (χ3v) is 6.04. The largest absolute Gasteiger partial charge is 0.374 e. The molecule has 0 unspecified atom stereocenters. The van der Waals surface area contributed by atoms with Crippen LogP contribution in [-0.2, 0) is 20.9 Å². The van der Waals surface area contributed by atoms with Gasteiger partial charge in [0.15, 0.2) is 0 Å². The lowest BCUT2D eigenvalue weighted by molar-refractivity contribution is -0.150. The molecule has 2 atom stereocenters. The number of hydrogen-bond donors (Lipinski definition) is 0. The molecule has 0 radical (unpaired) electrons. The molecule has 1 aromatic heterocycles. The van der Waals surface area contributed by atoms with E-state index >= 15 is 0 Å². The van der Waals surface area contributed by atoms with Crippen LogP contribution >= 0.6 is 0 Å². The molecular weight excluding hydrogens is 330 g/mol. The summed E-state index contributed by atoms with van der Waals surface area (Å²) in [4.78, 5) is 33.5. The van der Waals surface area contributed by atoms with Crippen LogP contribution in [0, 0.1) is 17.8 Å². The van der Waals surface area contributed by atoms with Gasteiger partial charge in [-0.25, -0.2) is 0 Å². The molecule has 2 saturated heterocycles. The highest BCUT2D eigenvalue weighted by Crippen LogP contribution is 2.36. The van der Waals surface area contributed by atoms with Crippen LogP contribution < -0.4 is 0 Å². The number of pyridine rings is 1. The number of piperidine rings is 1. The summed E-state index contributed by atoms with van der Waals surface area (Å²) >= 11 is 0. The van der Waals surface area contributed by atoms with Gasteiger partial charge in [-0.3, -0.25) is 14.6 Å². The number of carbonyl (C=O) groups is 2. The highest BCUT2D eigenvalue weighted by atomic mass is 16.5. The molecule has 140 valence electrons. The quantitative estimate of drug-likeness (QED) is 0.826. The molecule has 1 aromatic rings. The van der Waals surface area contributed by atoms with E-state index in [2.05, 4.69) is 11.9 Å². The lowest BCUT2D eigenvalue weighted by Crippen LogP contribution is -2.53. The van der Waals surface area contributed by atoms with Gasteiger partial charge in [-0.2, -0.15) is 0 Å². The fourth-order valence-electron chi connectivity index (χ4n) is 4.45.